The van der Waals surface area contributed by atoms with Gasteiger partial charge in [-0.25, -0.2) is 0 Å². The van der Waals surface area contributed by atoms with Crippen LogP contribution in [0.1, 0.15) is 51.7 Å². The van der Waals surface area contributed by atoms with Crippen molar-refractivity contribution in [3.05, 3.63) is 23.7 Å². The van der Waals surface area contributed by atoms with Gasteiger partial charge in [0.05, 0.1) is 6.04 Å². The Balaban J connectivity index is 2.88. The monoisotopic (exact) mass is 252 g/mol. The van der Waals surface area contributed by atoms with Gasteiger partial charge >= 0.3 is 0 Å². The lowest BCUT2D eigenvalue weighted by atomic mass is 10.0. The standard InChI is InChI=1S/C15H28N2O/c1-6-11(3)10-17(7-2)15(13(5)16)14-9-8-12(4)18-14/h8-9,11,13,15H,6-7,10,16H2,1-5H3. The van der Waals surface area contributed by atoms with Crippen LogP contribution in [-0.4, -0.2) is 24.0 Å². The third kappa shape index (κ3) is 3.85. The first-order chi connectivity index (χ1) is 8.49. The van der Waals surface area contributed by atoms with Gasteiger partial charge in [-0.2, -0.15) is 0 Å². The zero-order valence-corrected chi connectivity index (χ0v) is 12.4. The molecule has 0 radical (unpaired) electrons. The first-order valence-electron chi connectivity index (χ1n) is 7.05. The van der Waals surface area contributed by atoms with E-state index in [1.165, 1.54) is 6.42 Å². The maximum atomic E-state index is 6.17. The molecule has 2 N–H and O–H groups in total. The SMILES string of the molecule is CCC(C)CN(CC)C(c1ccc(C)o1)C(C)N. The van der Waals surface area contributed by atoms with Crippen LogP contribution in [0.4, 0.5) is 0 Å². The number of nitrogens with zero attached hydrogens (tertiary/aromatic N) is 1. The summed E-state index contributed by atoms with van der Waals surface area (Å²) in [6, 6.07) is 4.32. The minimum atomic E-state index is 0.0690. The molecule has 3 unspecified atom stereocenters. The molecule has 0 saturated heterocycles. The Morgan fingerprint density at radius 3 is 2.33 bits per heavy atom. The van der Waals surface area contributed by atoms with Gasteiger partial charge < -0.3 is 10.2 Å². The van der Waals surface area contributed by atoms with Crippen LogP contribution in [0.2, 0.25) is 0 Å². The Bertz CT molecular complexity index is 346. The van der Waals surface area contributed by atoms with Gasteiger partial charge in [-0.05, 0) is 38.4 Å². The summed E-state index contributed by atoms with van der Waals surface area (Å²) in [5.41, 5.74) is 6.17. The molecule has 0 fully saturated rings. The second-order valence-corrected chi connectivity index (χ2v) is 5.35. The summed E-state index contributed by atoms with van der Waals surface area (Å²) >= 11 is 0. The summed E-state index contributed by atoms with van der Waals surface area (Å²) in [5, 5.41) is 0. The van der Waals surface area contributed by atoms with Crippen LogP contribution in [0.3, 0.4) is 0 Å². The molecule has 0 aromatic carbocycles. The number of nitrogens with two attached hydrogens (primary N) is 1. The molecule has 0 spiro atoms. The Labute approximate surface area is 111 Å². The molecule has 1 aromatic rings. The fraction of sp³-hybridized carbons (Fsp3) is 0.733. The molecule has 0 aliphatic heterocycles. The first-order valence-corrected chi connectivity index (χ1v) is 7.05. The van der Waals surface area contributed by atoms with Gasteiger partial charge in [0.1, 0.15) is 11.5 Å². The minimum absolute atomic E-state index is 0.0690. The fourth-order valence-corrected chi connectivity index (χ4v) is 2.35. The highest BCUT2D eigenvalue weighted by atomic mass is 16.3. The predicted molar refractivity (Wildman–Crippen MR) is 76.5 cm³/mol. The van der Waals surface area contributed by atoms with E-state index >= 15 is 0 Å². The number of hydrogen-bond acceptors (Lipinski definition) is 3. The van der Waals surface area contributed by atoms with E-state index in [9.17, 15) is 0 Å². The molecule has 0 bridgehead atoms. The van der Waals surface area contributed by atoms with E-state index in [1.54, 1.807) is 0 Å². The highest BCUT2D eigenvalue weighted by Gasteiger charge is 2.26. The van der Waals surface area contributed by atoms with Crippen LogP contribution in [0, 0.1) is 12.8 Å². The molecule has 0 aliphatic carbocycles. The van der Waals surface area contributed by atoms with E-state index in [4.69, 9.17) is 10.2 Å². The molecule has 3 atom stereocenters. The minimum Gasteiger partial charge on any atom is -0.465 e. The quantitative estimate of drug-likeness (QED) is 0.809. The lowest BCUT2D eigenvalue weighted by Crippen LogP contribution is -2.41. The number of rotatable bonds is 7. The van der Waals surface area contributed by atoms with E-state index in [2.05, 4.69) is 38.7 Å². The Kier molecular flexibility index (Phi) is 5.89. The first kappa shape index (κ1) is 15.3. The molecule has 104 valence electrons. The van der Waals surface area contributed by atoms with Crippen molar-refractivity contribution < 1.29 is 4.42 Å². The third-order valence-corrected chi connectivity index (χ3v) is 3.59. The Hall–Kier alpha value is -0.800. The Morgan fingerprint density at radius 1 is 1.28 bits per heavy atom. The van der Waals surface area contributed by atoms with Crippen molar-refractivity contribution in [2.45, 2.75) is 53.1 Å². The number of likely N-dealkylation sites (N-methyl/N-ethyl adjacent to an activating group) is 1. The summed E-state index contributed by atoms with van der Waals surface area (Å²) in [4.78, 5) is 2.43. The van der Waals surface area contributed by atoms with Gasteiger partial charge in [-0.3, -0.25) is 4.90 Å². The molecule has 0 amide bonds. The van der Waals surface area contributed by atoms with Gasteiger partial charge in [-0.1, -0.05) is 27.2 Å². The van der Waals surface area contributed by atoms with Crippen LogP contribution >= 0.6 is 0 Å². The molecule has 3 heteroatoms. The zero-order valence-electron chi connectivity index (χ0n) is 12.4. The normalized spacial score (nSPS) is 16.8. The van der Waals surface area contributed by atoms with E-state index in [0.29, 0.717) is 5.92 Å². The van der Waals surface area contributed by atoms with E-state index < -0.39 is 0 Å². The van der Waals surface area contributed by atoms with E-state index in [-0.39, 0.29) is 12.1 Å². The van der Waals surface area contributed by atoms with Crippen LogP contribution in [0.25, 0.3) is 0 Å². The van der Waals surface area contributed by atoms with Crippen molar-refractivity contribution in [1.29, 1.82) is 0 Å². The van der Waals surface area contributed by atoms with Crippen LogP contribution < -0.4 is 5.73 Å². The van der Waals surface area contributed by atoms with Crippen molar-refractivity contribution >= 4 is 0 Å². The average Bonchev–Trinajstić information content (AvgIpc) is 2.73. The highest BCUT2D eigenvalue weighted by Crippen LogP contribution is 2.26. The molecule has 1 rings (SSSR count). The number of hydrogen-bond donors (Lipinski definition) is 1. The van der Waals surface area contributed by atoms with Crippen molar-refractivity contribution in [1.82, 2.24) is 4.90 Å². The number of furan rings is 1. The molecule has 0 aliphatic rings. The fourth-order valence-electron chi connectivity index (χ4n) is 2.35. The van der Waals surface area contributed by atoms with E-state index in [1.807, 2.05) is 13.0 Å². The molecule has 1 heterocycles. The number of aryl methyl sites for hydroxylation is 1. The lowest BCUT2D eigenvalue weighted by Gasteiger charge is -2.33. The van der Waals surface area contributed by atoms with Crippen molar-refractivity contribution in [3.8, 4) is 0 Å². The average molecular weight is 252 g/mol. The topological polar surface area (TPSA) is 42.4 Å². The van der Waals surface area contributed by atoms with Gasteiger partial charge in [0, 0.05) is 12.6 Å². The summed E-state index contributed by atoms with van der Waals surface area (Å²) < 4.78 is 5.78. The third-order valence-electron chi connectivity index (χ3n) is 3.59. The van der Waals surface area contributed by atoms with Crippen molar-refractivity contribution in [2.75, 3.05) is 13.1 Å². The maximum Gasteiger partial charge on any atom is 0.122 e. The van der Waals surface area contributed by atoms with Crippen LogP contribution in [0.15, 0.2) is 16.5 Å². The molecular formula is C15H28N2O. The lowest BCUT2D eigenvalue weighted by molar-refractivity contribution is 0.140. The molecule has 18 heavy (non-hydrogen) atoms. The second-order valence-electron chi connectivity index (χ2n) is 5.35. The maximum absolute atomic E-state index is 6.17. The molecule has 3 nitrogen and oxygen atoms in total. The van der Waals surface area contributed by atoms with E-state index in [0.717, 1.165) is 24.6 Å². The zero-order chi connectivity index (χ0) is 13.7. The van der Waals surface area contributed by atoms with Gasteiger partial charge in [-0.15, -0.1) is 0 Å². The summed E-state index contributed by atoms with van der Waals surface area (Å²) in [6.07, 6.45) is 1.19. The summed E-state index contributed by atoms with van der Waals surface area (Å²) in [5.74, 6) is 2.63. The van der Waals surface area contributed by atoms with Crippen LogP contribution in [0.5, 0.6) is 0 Å². The predicted octanol–water partition coefficient (Wildman–Crippen LogP) is 3.34. The van der Waals surface area contributed by atoms with Gasteiger partial charge in [0.25, 0.3) is 0 Å². The highest BCUT2D eigenvalue weighted by molar-refractivity contribution is 5.11. The van der Waals surface area contributed by atoms with Gasteiger partial charge in [0.15, 0.2) is 0 Å². The summed E-state index contributed by atoms with van der Waals surface area (Å²) in [6.45, 7) is 12.8. The van der Waals surface area contributed by atoms with Crippen LogP contribution in [-0.2, 0) is 0 Å². The molecular weight excluding hydrogens is 224 g/mol. The summed E-state index contributed by atoms with van der Waals surface area (Å²) in [7, 11) is 0. The van der Waals surface area contributed by atoms with Crippen molar-refractivity contribution in [3.63, 3.8) is 0 Å². The second kappa shape index (κ2) is 6.95. The largest absolute Gasteiger partial charge is 0.465 e. The van der Waals surface area contributed by atoms with Gasteiger partial charge in [0.2, 0.25) is 0 Å². The smallest absolute Gasteiger partial charge is 0.122 e. The molecule has 0 saturated carbocycles. The Morgan fingerprint density at radius 2 is 1.94 bits per heavy atom. The molecule has 1 aromatic heterocycles. The van der Waals surface area contributed by atoms with Crippen molar-refractivity contribution in [2.24, 2.45) is 11.7 Å².